The lowest BCUT2D eigenvalue weighted by atomic mass is 10.0. The van der Waals surface area contributed by atoms with Crippen LogP contribution in [0.25, 0.3) is 0 Å². The molecule has 1 aliphatic heterocycles. The van der Waals surface area contributed by atoms with Crippen LogP contribution in [0.3, 0.4) is 0 Å². The second kappa shape index (κ2) is 4.31. The first-order valence-corrected chi connectivity index (χ1v) is 7.55. The molecule has 1 unspecified atom stereocenters. The van der Waals surface area contributed by atoms with Crippen molar-refractivity contribution in [3.05, 3.63) is 28.8 Å². The van der Waals surface area contributed by atoms with Crippen LogP contribution in [0.1, 0.15) is 35.3 Å². The summed E-state index contributed by atoms with van der Waals surface area (Å²) in [5.74, 6) is 1.10. The molecule has 1 atom stereocenters. The quantitative estimate of drug-likeness (QED) is 0.862. The van der Waals surface area contributed by atoms with E-state index in [0.29, 0.717) is 0 Å². The molecule has 0 fully saturated rings. The first kappa shape index (κ1) is 11.4. The molecule has 0 radical (unpaired) electrons. The first-order chi connectivity index (χ1) is 9.31. The monoisotopic (exact) mass is 276 g/mol. The van der Waals surface area contributed by atoms with Crippen LogP contribution in [0, 0.1) is 0 Å². The summed E-state index contributed by atoms with van der Waals surface area (Å²) >= 11 is 1.74. The second-order valence-corrected chi connectivity index (χ2v) is 6.23. The van der Waals surface area contributed by atoms with Crippen LogP contribution in [0.4, 0.5) is 5.13 Å². The molecule has 0 bridgehead atoms. The molecule has 5 nitrogen and oxygen atoms in total. The van der Waals surface area contributed by atoms with E-state index in [4.69, 9.17) is 0 Å². The zero-order valence-electron chi connectivity index (χ0n) is 10.6. The fourth-order valence-corrected chi connectivity index (χ4v) is 4.04. The zero-order valence-corrected chi connectivity index (χ0v) is 11.4. The molecule has 100 valence electrons. The van der Waals surface area contributed by atoms with Crippen molar-refractivity contribution in [3.63, 3.8) is 0 Å². The van der Waals surface area contributed by atoms with Crippen molar-refractivity contribution in [3.8, 4) is 0 Å². The van der Waals surface area contributed by atoms with E-state index in [1.165, 1.54) is 4.88 Å². The summed E-state index contributed by atoms with van der Waals surface area (Å²) in [7, 11) is 0. The number of hydrogen-bond donors (Lipinski definition) is 1. The molecule has 2 aromatic rings. The zero-order chi connectivity index (χ0) is 12.8. The number of imidazole rings is 1. The first-order valence-electron chi connectivity index (χ1n) is 6.74. The number of aliphatic hydroxyl groups excluding tert-OH is 1. The van der Waals surface area contributed by atoms with Gasteiger partial charge in [-0.25, -0.2) is 9.97 Å². The van der Waals surface area contributed by atoms with Gasteiger partial charge >= 0.3 is 0 Å². The highest BCUT2D eigenvalue weighted by atomic mass is 32.1. The van der Waals surface area contributed by atoms with Crippen molar-refractivity contribution >= 4 is 16.5 Å². The standard InChI is InChI=1S/C13H16N4OS/c18-9-2-1-3-10-12(9)15-13(19-10)17-7-6-16-5-4-14-11(16)8-17/h4-5,9,18H,1-3,6-8H2. The van der Waals surface area contributed by atoms with Crippen molar-refractivity contribution in [2.24, 2.45) is 0 Å². The van der Waals surface area contributed by atoms with Crippen LogP contribution in [0.15, 0.2) is 12.4 Å². The molecule has 19 heavy (non-hydrogen) atoms. The number of nitrogens with zero attached hydrogens (tertiary/aromatic N) is 4. The minimum Gasteiger partial charge on any atom is -0.387 e. The van der Waals surface area contributed by atoms with Gasteiger partial charge in [0.2, 0.25) is 0 Å². The maximum absolute atomic E-state index is 10.0. The molecule has 0 aromatic carbocycles. The minimum atomic E-state index is -0.361. The van der Waals surface area contributed by atoms with Gasteiger partial charge in [0.05, 0.1) is 18.3 Å². The van der Waals surface area contributed by atoms with Crippen LogP contribution in [-0.2, 0) is 19.5 Å². The number of thiazole rings is 1. The number of aliphatic hydroxyl groups is 1. The third kappa shape index (κ3) is 1.86. The lowest BCUT2D eigenvalue weighted by molar-refractivity contribution is 0.153. The van der Waals surface area contributed by atoms with E-state index in [1.54, 1.807) is 11.3 Å². The van der Waals surface area contributed by atoms with Gasteiger partial charge in [-0.1, -0.05) is 0 Å². The van der Waals surface area contributed by atoms with Gasteiger partial charge in [-0.3, -0.25) is 0 Å². The van der Waals surface area contributed by atoms with Gasteiger partial charge < -0.3 is 14.6 Å². The third-order valence-corrected chi connectivity index (χ3v) is 5.12. The summed E-state index contributed by atoms with van der Waals surface area (Å²) in [6.45, 7) is 2.74. The molecule has 0 spiro atoms. The Balaban J connectivity index is 1.64. The SMILES string of the molecule is OC1CCCc2sc(N3CCn4ccnc4C3)nc21. The summed E-state index contributed by atoms with van der Waals surface area (Å²) in [6.07, 6.45) is 6.51. The molecular formula is C13H16N4OS. The Labute approximate surface area is 115 Å². The summed E-state index contributed by atoms with van der Waals surface area (Å²) < 4.78 is 2.19. The van der Waals surface area contributed by atoms with E-state index in [9.17, 15) is 5.11 Å². The van der Waals surface area contributed by atoms with Crippen LogP contribution in [-0.4, -0.2) is 26.2 Å². The molecule has 0 amide bonds. The van der Waals surface area contributed by atoms with E-state index in [-0.39, 0.29) is 6.10 Å². The van der Waals surface area contributed by atoms with Gasteiger partial charge in [-0.05, 0) is 19.3 Å². The molecule has 0 saturated heterocycles. The summed E-state index contributed by atoms with van der Waals surface area (Å²) in [6, 6.07) is 0. The summed E-state index contributed by atoms with van der Waals surface area (Å²) in [4.78, 5) is 12.6. The van der Waals surface area contributed by atoms with Gasteiger partial charge in [0.15, 0.2) is 5.13 Å². The van der Waals surface area contributed by atoms with Crippen LogP contribution in [0.2, 0.25) is 0 Å². The predicted octanol–water partition coefficient (Wildman–Crippen LogP) is 1.73. The number of hydrogen-bond acceptors (Lipinski definition) is 5. The van der Waals surface area contributed by atoms with Crippen LogP contribution in [0.5, 0.6) is 0 Å². The van der Waals surface area contributed by atoms with E-state index < -0.39 is 0 Å². The Bertz CT molecular complexity index is 606. The van der Waals surface area contributed by atoms with Crippen molar-refractivity contribution in [2.45, 2.75) is 38.5 Å². The average Bonchev–Trinajstić information content (AvgIpc) is 3.04. The largest absolute Gasteiger partial charge is 0.387 e. The number of aryl methyl sites for hydroxylation is 1. The van der Waals surface area contributed by atoms with Crippen molar-refractivity contribution in [1.29, 1.82) is 0 Å². The molecule has 4 rings (SSSR count). The minimum absolute atomic E-state index is 0.361. The number of anilines is 1. The van der Waals surface area contributed by atoms with Crippen molar-refractivity contribution < 1.29 is 5.11 Å². The molecule has 2 aromatic heterocycles. The maximum atomic E-state index is 10.0. The fourth-order valence-electron chi connectivity index (χ4n) is 2.85. The predicted molar refractivity (Wildman–Crippen MR) is 73.3 cm³/mol. The molecule has 3 heterocycles. The fraction of sp³-hybridized carbons (Fsp3) is 0.538. The van der Waals surface area contributed by atoms with Gasteiger partial charge in [0.25, 0.3) is 0 Å². The van der Waals surface area contributed by atoms with Crippen LogP contribution < -0.4 is 4.90 Å². The van der Waals surface area contributed by atoms with Gasteiger partial charge in [0.1, 0.15) is 5.82 Å². The average molecular weight is 276 g/mol. The second-order valence-electron chi connectivity index (χ2n) is 5.17. The van der Waals surface area contributed by atoms with Gasteiger partial charge in [0, 0.05) is 30.4 Å². The molecule has 1 N–H and O–H groups in total. The summed E-state index contributed by atoms with van der Waals surface area (Å²) in [5.41, 5.74) is 0.917. The third-order valence-electron chi connectivity index (χ3n) is 3.93. The molecule has 0 saturated carbocycles. The summed E-state index contributed by atoms with van der Waals surface area (Å²) in [5, 5.41) is 11.0. The van der Waals surface area contributed by atoms with Crippen LogP contribution >= 0.6 is 11.3 Å². The topological polar surface area (TPSA) is 54.2 Å². The molecular weight excluding hydrogens is 260 g/mol. The number of rotatable bonds is 1. The van der Waals surface area contributed by atoms with Crippen molar-refractivity contribution in [2.75, 3.05) is 11.4 Å². The van der Waals surface area contributed by atoms with Gasteiger partial charge in [-0.15, -0.1) is 11.3 Å². The van der Waals surface area contributed by atoms with E-state index >= 15 is 0 Å². The van der Waals surface area contributed by atoms with E-state index in [0.717, 1.165) is 55.5 Å². The molecule has 1 aliphatic carbocycles. The van der Waals surface area contributed by atoms with Gasteiger partial charge in [-0.2, -0.15) is 0 Å². The Hall–Kier alpha value is -1.40. The highest BCUT2D eigenvalue weighted by Gasteiger charge is 2.26. The highest BCUT2D eigenvalue weighted by molar-refractivity contribution is 7.15. The Morgan fingerprint density at radius 3 is 3.21 bits per heavy atom. The maximum Gasteiger partial charge on any atom is 0.186 e. The Morgan fingerprint density at radius 1 is 1.37 bits per heavy atom. The lowest BCUT2D eigenvalue weighted by Gasteiger charge is -2.27. The lowest BCUT2D eigenvalue weighted by Crippen LogP contribution is -2.33. The number of fused-ring (bicyclic) bond motifs is 2. The normalized spacial score (nSPS) is 22.2. The van der Waals surface area contributed by atoms with E-state index in [2.05, 4.69) is 19.4 Å². The smallest absolute Gasteiger partial charge is 0.186 e. The molecule has 2 aliphatic rings. The number of aromatic nitrogens is 3. The Morgan fingerprint density at radius 2 is 2.32 bits per heavy atom. The van der Waals surface area contributed by atoms with Crippen molar-refractivity contribution in [1.82, 2.24) is 14.5 Å². The highest BCUT2D eigenvalue weighted by Crippen LogP contribution is 2.37. The Kier molecular flexibility index (Phi) is 2.60. The van der Waals surface area contributed by atoms with E-state index in [1.807, 2.05) is 12.4 Å². The molecule has 6 heteroatoms.